The Morgan fingerprint density at radius 3 is 2.63 bits per heavy atom. The molecule has 0 N–H and O–H groups in total. The number of ketones is 1. The number of thioether (sulfide) groups is 1. The standard InChI is InChI=1S/C21H26N2O3S/c1-7-23-20(26-14(4)24)16(11-22-23)18(25)15-10-12(2)19-17(13(15)3)21(5,6)8-9-27-19/h10-11H,7-9H2,1-6H3. The quantitative estimate of drug-likeness (QED) is 0.574. The Balaban J connectivity index is 2.16. The fraction of sp³-hybridized carbons (Fsp3) is 0.476. The number of hydrogen-bond donors (Lipinski definition) is 0. The summed E-state index contributed by atoms with van der Waals surface area (Å²) >= 11 is 1.87. The van der Waals surface area contributed by atoms with E-state index >= 15 is 0 Å². The minimum absolute atomic E-state index is 0.0258. The first kappa shape index (κ1) is 19.7. The van der Waals surface area contributed by atoms with E-state index < -0.39 is 5.97 Å². The molecule has 0 atom stereocenters. The third-order valence-electron chi connectivity index (χ3n) is 5.20. The van der Waals surface area contributed by atoms with Gasteiger partial charge in [0, 0.05) is 23.9 Å². The second kappa shape index (κ2) is 7.15. The predicted octanol–water partition coefficient (Wildman–Crippen LogP) is 4.45. The molecule has 27 heavy (non-hydrogen) atoms. The molecule has 0 amide bonds. The largest absolute Gasteiger partial charge is 0.407 e. The minimum Gasteiger partial charge on any atom is -0.407 e. The van der Waals surface area contributed by atoms with Crippen LogP contribution in [0.3, 0.4) is 0 Å². The molecule has 0 saturated heterocycles. The van der Waals surface area contributed by atoms with Crippen molar-refractivity contribution in [1.29, 1.82) is 0 Å². The van der Waals surface area contributed by atoms with Crippen LogP contribution < -0.4 is 4.74 Å². The van der Waals surface area contributed by atoms with E-state index in [0.717, 1.165) is 23.3 Å². The molecular formula is C21H26N2O3S. The molecule has 3 rings (SSSR count). The van der Waals surface area contributed by atoms with E-state index in [-0.39, 0.29) is 17.1 Å². The highest BCUT2D eigenvalue weighted by Gasteiger charge is 2.33. The molecular weight excluding hydrogens is 360 g/mol. The maximum atomic E-state index is 13.4. The summed E-state index contributed by atoms with van der Waals surface area (Å²) in [5.74, 6) is 0.697. The number of rotatable bonds is 4. The molecule has 1 aliphatic heterocycles. The van der Waals surface area contributed by atoms with Crippen LogP contribution in [0.1, 0.15) is 66.7 Å². The molecule has 0 spiro atoms. The lowest BCUT2D eigenvalue weighted by Gasteiger charge is -2.35. The molecule has 1 aliphatic rings. The molecule has 6 heteroatoms. The van der Waals surface area contributed by atoms with Crippen molar-refractivity contribution in [2.24, 2.45) is 0 Å². The van der Waals surface area contributed by atoms with Crippen molar-refractivity contribution in [2.45, 2.75) is 64.8 Å². The molecule has 0 bridgehead atoms. The molecule has 5 nitrogen and oxygen atoms in total. The molecule has 0 radical (unpaired) electrons. The Hall–Kier alpha value is -2.08. The first-order valence-corrected chi connectivity index (χ1v) is 10.2. The Morgan fingerprint density at radius 1 is 1.30 bits per heavy atom. The van der Waals surface area contributed by atoms with Gasteiger partial charge in [0.15, 0.2) is 5.78 Å². The van der Waals surface area contributed by atoms with Gasteiger partial charge in [-0.25, -0.2) is 4.68 Å². The topological polar surface area (TPSA) is 61.2 Å². The zero-order valence-corrected chi connectivity index (χ0v) is 17.6. The molecule has 1 aromatic carbocycles. The van der Waals surface area contributed by atoms with Gasteiger partial charge in [0.2, 0.25) is 5.88 Å². The first-order chi connectivity index (χ1) is 12.7. The van der Waals surface area contributed by atoms with Crippen LogP contribution in [-0.2, 0) is 16.8 Å². The number of carbonyl (C=O) groups is 2. The van der Waals surface area contributed by atoms with Gasteiger partial charge in [-0.05, 0) is 61.1 Å². The molecule has 144 valence electrons. The smallest absolute Gasteiger partial charge is 0.309 e. The fourth-order valence-electron chi connectivity index (χ4n) is 3.81. The van der Waals surface area contributed by atoms with E-state index in [9.17, 15) is 9.59 Å². The van der Waals surface area contributed by atoms with Crippen molar-refractivity contribution in [3.05, 3.63) is 40.1 Å². The zero-order chi connectivity index (χ0) is 19.9. The Morgan fingerprint density at radius 2 is 2.00 bits per heavy atom. The highest BCUT2D eigenvalue weighted by Crippen LogP contribution is 2.46. The summed E-state index contributed by atoms with van der Waals surface area (Å²) in [5.41, 5.74) is 4.41. The van der Waals surface area contributed by atoms with Crippen molar-refractivity contribution in [1.82, 2.24) is 9.78 Å². The van der Waals surface area contributed by atoms with Crippen LogP contribution in [0.5, 0.6) is 5.88 Å². The van der Waals surface area contributed by atoms with Gasteiger partial charge < -0.3 is 4.74 Å². The lowest BCUT2D eigenvalue weighted by Crippen LogP contribution is -2.26. The normalized spacial score (nSPS) is 15.3. The predicted molar refractivity (Wildman–Crippen MR) is 107 cm³/mol. The van der Waals surface area contributed by atoms with Gasteiger partial charge in [0.1, 0.15) is 5.56 Å². The van der Waals surface area contributed by atoms with E-state index in [0.29, 0.717) is 17.7 Å². The second-order valence-corrected chi connectivity index (χ2v) is 8.76. The number of ether oxygens (including phenoxy) is 1. The SMILES string of the molecule is CCn1ncc(C(=O)c2cc(C)c3c(c2C)C(C)(C)CCS3)c1OC(C)=O. The van der Waals surface area contributed by atoms with E-state index in [2.05, 4.69) is 25.9 Å². The van der Waals surface area contributed by atoms with E-state index in [4.69, 9.17) is 4.74 Å². The number of benzene rings is 1. The third kappa shape index (κ3) is 3.43. The van der Waals surface area contributed by atoms with Crippen molar-refractivity contribution >= 4 is 23.5 Å². The van der Waals surface area contributed by atoms with Gasteiger partial charge in [-0.1, -0.05) is 13.8 Å². The van der Waals surface area contributed by atoms with Crippen LogP contribution in [0.4, 0.5) is 0 Å². The van der Waals surface area contributed by atoms with Crippen LogP contribution in [0.2, 0.25) is 0 Å². The second-order valence-electron chi connectivity index (χ2n) is 7.65. The maximum absolute atomic E-state index is 13.4. The van der Waals surface area contributed by atoms with Gasteiger partial charge in [0.05, 0.1) is 6.20 Å². The highest BCUT2D eigenvalue weighted by atomic mass is 32.2. The van der Waals surface area contributed by atoms with Crippen molar-refractivity contribution in [2.75, 3.05) is 5.75 Å². The first-order valence-electron chi connectivity index (χ1n) is 9.23. The average Bonchev–Trinajstić information content (AvgIpc) is 2.98. The van der Waals surface area contributed by atoms with Crippen LogP contribution in [0, 0.1) is 13.8 Å². The van der Waals surface area contributed by atoms with Crippen LogP contribution in [-0.4, -0.2) is 27.3 Å². The number of nitrogens with zero attached hydrogens (tertiary/aromatic N) is 2. The molecule has 0 unspecified atom stereocenters. The lowest BCUT2D eigenvalue weighted by atomic mass is 9.77. The summed E-state index contributed by atoms with van der Waals surface area (Å²) in [6.45, 7) is 12.3. The van der Waals surface area contributed by atoms with Gasteiger partial charge in [0.25, 0.3) is 0 Å². The van der Waals surface area contributed by atoms with Crippen molar-refractivity contribution < 1.29 is 14.3 Å². The monoisotopic (exact) mass is 386 g/mol. The number of aromatic nitrogens is 2. The summed E-state index contributed by atoms with van der Waals surface area (Å²) in [4.78, 5) is 26.2. The van der Waals surface area contributed by atoms with Gasteiger partial charge in [-0.3, -0.25) is 9.59 Å². The summed E-state index contributed by atoms with van der Waals surface area (Å²) in [6, 6.07) is 1.96. The third-order valence-corrected chi connectivity index (χ3v) is 6.42. The van der Waals surface area contributed by atoms with Gasteiger partial charge in [-0.15, -0.1) is 11.8 Å². The number of aryl methyl sites for hydroxylation is 2. The number of carbonyl (C=O) groups excluding carboxylic acids is 2. The Kier molecular flexibility index (Phi) is 5.21. The lowest BCUT2D eigenvalue weighted by molar-refractivity contribution is -0.132. The molecule has 1 aromatic heterocycles. The number of esters is 1. The van der Waals surface area contributed by atoms with E-state index in [1.807, 2.05) is 31.7 Å². The van der Waals surface area contributed by atoms with Crippen LogP contribution >= 0.6 is 11.8 Å². The van der Waals surface area contributed by atoms with Crippen molar-refractivity contribution in [3.63, 3.8) is 0 Å². The van der Waals surface area contributed by atoms with Crippen LogP contribution in [0.25, 0.3) is 0 Å². The van der Waals surface area contributed by atoms with E-state index in [1.165, 1.54) is 28.3 Å². The zero-order valence-electron chi connectivity index (χ0n) is 16.8. The Labute approximate surface area is 164 Å². The summed E-state index contributed by atoms with van der Waals surface area (Å²) in [5, 5.41) is 4.22. The summed E-state index contributed by atoms with van der Waals surface area (Å²) < 4.78 is 6.85. The number of fused-ring (bicyclic) bond motifs is 1. The summed E-state index contributed by atoms with van der Waals surface area (Å²) in [7, 11) is 0. The number of hydrogen-bond acceptors (Lipinski definition) is 5. The van der Waals surface area contributed by atoms with Crippen molar-refractivity contribution in [3.8, 4) is 5.88 Å². The molecule has 0 saturated carbocycles. The molecule has 0 fully saturated rings. The van der Waals surface area contributed by atoms with E-state index in [1.54, 1.807) is 0 Å². The Bertz CT molecular complexity index is 928. The molecule has 2 heterocycles. The van der Waals surface area contributed by atoms with Gasteiger partial charge >= 0.3 is 5.97 Å². The fourth-order valence-corrected chi connectivity index (χ4v) is 5.48. The molecule has 0 aliphatic carbocycles. The van der Waals surface area contributed by atoms with Crippen LogP contribution in [0.15, 0.2) is 17.2 Å². The highest BCUT2D eigenvalue weighted by molar-refractivity contribution is 7.99. The molecule has 2 aromatic rings. The maximum Gasteiger partial charge on any atom is 0.309 e. The average molecular weight is 387 g/mol. The summed E-state index contributed by atoms with van der Waals surface area (Å²) in [6.07, 6.45) is 2.58. The minimum atomic E-state index is -0.463. The van der Waals surface area contributed by atoms with Gasteiger partial charge in [-0.2, -0.15) is 5.10 Å².